The monoisotopic (exact) mass is 290 g/mol. The minimum absolute atomic E-state index is 0. The summed E-state index contributed by atoms with van der Waals surface area (Å²) in [7, 11) is 2.02. The molecule has 1 saturated heterocycles. The molecule has 18 heavy (non-hydrogen) atoms. The molecule has 1 aliphatic rings. The fraction of sp³-hybridized carbons (Fsp3) is 0.500. The van der Waals surface area contributed by atoms with E-state index in [0.717, 1.165) is 25.9 Å². The van der Waals surface area contributed by atoms with E-state index in [9.17, 15) is 4.79 Å². The molecule has 0 aromatic carbocycles. The van der Waals surface area contributed by atoms with Gasteiger partial charge in [-0.3, -0.25) is 0 Å². The van der Waals surface area contributed by atoms with E-state index < -0.39 is 0 Å². The first-order valence-corrected chi connectivity index (χ1v) is 6.04. The molecule has 6 heteroatoms. The lowest BCUT2D eigenvalue weighted by molar-refractivity contribution is 0.0108. The zero-order valence-corrected chi connectivity index (χ0v) is 11.7. The molecule has 0 saturated carbocycles. The van der Waals surface area contributed by atoms with Crippen molar-refractivity contribution in [2.75, 3.05) is 20.1 Å². The summed E-state index contributed by atoms with van der Waals surface area (Å²) in [5.74, 6) is -0.386. The Morgan fingerprint density at radius 1 is 1.61 bits per heavy atom. The molecule has 2 rings (SSSR count). The molecule has 0 spiro atoms. The van der Waals surface area contributed by atoms with Crippen molar-refractivity contribution in [3.05, 3.63) is 29.0 Å². The van der Waals surface area contributed by atoms with Gasteiger partial charge in [0, 0.05) is 12.7 Å². The summed E-state index contributed by atoms with van der Waals surface area (Å²) in [5, 5.41) is 0.196. The third-order valence-electron chi connectivity index (χ3n) is 2.83. The van der Waals surface area contributed by atoms with Crippen LogP contribution in [-0.4, -0.2) is 42.1 Å². The Labute approximate surface area is 118 Å². The van der Waals surface area contributed by atoms with E-state index in [-0.39, 0.29) is 29.6 Å². The molecule has 1 aromatic heterocycles. The van der Waals surface area contributed by atoms with E-state index in [2.05, 4.69) is 9.88 Å². The predicted octanol–water partition coefficient (Wildman–Crippen LogP) is 2.41. The van der Waals surface area contributed by atoms with Gasteiger partial charge in [0.2, 0.25) is 0 Å². The average molecular weight is 291 g/mol. The van der Waals surface area contributed by atoms with Crippen molar-refractivity contribution in [2.45, 2.75) is 18.9 Å². The maximum absolute atomic E-state index is 11.9. The lowest BCUT2D eigenvalue weighted by Gasteiger charge is -2.29. The van der Waals surface area contributed by atoms with Gasteiger partial charge in [-0.25, -0.2) is 9.78 Å². The topological polar surface area (TPSA) is 42.4 Å². The van der Waals surface area contributed by atoms with Crippen LogP contribution in [0.1, 0.15) is 23.2 Å². The number of esters is 1. The summed E-state index contributed by atoms with van der Waals surface area (Å²) < 4.78 is 5.42. The summed E-state index contributed by atoms with van der Waals surface area (Å²) in [5.41, 5.74) is 0.336. The largest absolute Gasteiger partial charge is 0.457 e. The smallest absolute Gasteiger partial charge is 0.341 e. The maximum Gasteiger partial charge on any atom is 0.341 e. The van der Waals surface area contributed by atoms with Crippen molar-refractivity contribution in [3.63, 3.8) is 0 Å². The molecule has 0 radical (unpaired) electrons. The SMILES string of the molecule is CN1CCCC(OC(=O)c2cccnc2Cl)C1.Cl. The Bertz CT molecular complexity index is 415. The van der Waals surface area contributed by atoms with E-state index in [0.29, 0.717) is 5.56 Å². The second-order valence-electron chi connectivity index (χ2n) is 4.27. The molecule has 100 valence electrons. The van der Waals surface area contributed by atoms with Crippen molar-refractivity contribution >= 4 is 30.0 Å². The zero-order chi connectivity index (χ0) is 12.3. The Kier molecular flexibility index (Phi) is 5.85. The molecule has 0 amide bonds. The van der Waals surface area contributed by atoms with Gasteiger partial charge in [-0.1, -0.05) is 11.6 Å². The molecular formula is C12H16Cl2N2O2. The highest BCUT2D eigenvalue weighted by Gasteiger charge is 2.22. The van der Waals surface area contributed by atoms with Crippen LogP contribution in [0.3, 0.4) is 0 Å². The highest BCUT2D eigenvalue weighted by Crippen LogP contribution is 2.17. The number of piperidine rings is 1. The van der Waals surface area contributed by atoms with Crippen molar-refractivity contribution in [1.29, 1.82) is 0 Å². The summed E-state index contributed by atoms with van der Waals surface area (Å²) in [6.07, 6.45) is 3.47. The predicted molar refractivity (Wildman–Crippen MR) is 72.4 cm³/mol. The molecule has 0 bridgehead atoms. The summed E-state index contributed by atoms with van der Waals surface area (Å²) in [4.78, 5) is 17.9. The fourth-order valence-electron chi connectivity index (χ4n) is 1.97. The van der Waals surface area contributed by atoms with E-state index in [1.807, 2.05) is 7.05 Å². The van der Waals surface area contributed by atoms with Crippen molar-refractivity contribution in [2.24, 2.45) is 0 Å². The van der Waals surface area contributed by atoms with Gasteiger partial charge < -0.3 is 9.64 Å². The van der Waals surface area contributed by atoms with E-state index in [1.165, 1.54) is 0 Å². The van der Waals surface area contributed by atoms with Gasteiger partial charge in [0.15, 0.2) is 0 Å². The quantitative estimate of drug-likeness (QED) is 0.620. The molecule has 0 aliphatic carbocycles. The number of likely N-dealkylation sites (N-methyl/N-ethyl adjacent to an activating group) is 1. The van der Waals surface area contributed by atoms with Crippen LogP contribution in [0, 0.1) is 0 Å². The lowest BCUT2D eigenvalue weighted by atomic mass is 10.1. The van der Waals surface area contributed by atoms with Gasteiger partial charge in [-0.2, -0.15) is 0 Å². The molecule has 4 nitrogen and oxygen atoms in total. The maximum atomic E-state index is 11.9. The number of hydrogen-bond acceptors (Lipinski definition) is 4. The van der Waals surface area contributed by atoms with Crippen LogP contribution in [0.4, 0.5) is 0 Å². The highest BCUT2D eigenvalue weighted by atomic mass is 35.5. The Balaban J connectivity index is 0.00000162. The van der Waals surface area contributed by atoms with E-state index in [1.54, 1.807) is 18.3 Å². The van der Waals surface area contributed by atoms with Gasteiger partial charge in [0.1, 0.15) is 11.3 Å². The highest BCUT2D eigenvalue weighted by molar-refractivity contribution is 6.32. The van der Waals surface area contributed by atoms with Crippen LogP contribution < -0.4 is 0 Å². The van der Waals surface area contributed by atoms with E-state index >= 15 is 0 Å². The van der Waals surface area contributed by atoms with Crippen molar-refractivity contribution in [3.8, 4) is 0 Å². The molecule has 1 unspecified atom stereocenters. The molecular weight excluding hydrogens is 275 g/mol. The van der Waals surface area contributed by atoms with Crippen LogP contribution in [0.5, 0.6) is 0 Å². The number of ether oxygens (including phenoxy) is 1. The van der Waals surface area contributed by atoms with Gasteiger partial charge in [0.05, 0.1) is 5.56 Å². The first-order chi connectivity index (χ1) is 8.16. The first-order valence-electron chi connectivity index (χ1n) is 5.67. The summed E-state index contributed by atoms with van der Waals surface area (Å²) in [6.45, 7) is 1.84. The number of likely N-dealkylation sites (tertiary alicyclic amines) is 1. The normalized spacial score (nSPS) is 20.0. The van der Waals surface area contributed by atoms with Crippen LogP contribution in [0.15, 0.2) is 18.3 Å². The minimum atomic E-state index is -0.386. The molecule has 1 aromatic rings. The van der Waals surface area contributed by atoms with Crippen LogP contribution in [0.25, 0.3) is 0 Å². The molecule has 2 heterocycles. The van der Waals surface area contributed by atoms with Crippen molar-refractivity contribution < 1.29 is 9.53 Å². The second-order valence-corrected chi connectivity index (χ2v) is 4.63. The number of nitrogens with zero attached hydrogens (tertiary/aromatic N) is 2. The third-order valence-corrected chi connectivity index (χ3v) is 3.14. The standard InChI is InChI=1S/C12H15ClN2O2.ClH/c1-15-7-3-4-9(8-15)17-12(16)10-5-2-6-14-11(10)13;/h2,5-6,9H,3-4,7-8H2,1H3;1H. The Hall–Kier alpha value is -0.840. The van der Waals surface area contributed by atoms with Crippen LogP contribution in [0.2, 0.25) is 5.15 Å². The molecule has 1 aliphatic heterocycles. The Morgan fingerprint density at radius 2 is 2.39 bits per heavy atom. The van der Waals surface area contributed by atoms with Gasteiger partial charge >= 0.3 is 5.97 Å². The third kappa shape index (κ3) is 3.83. The number of carbonyl (C=O) groups excluding carboxylic acids is 1. The number of rotatable bonds is 2. The number of hydrogen-bond donors (Lipinski definition) is 0. The molecule has 1 fully saturated rings. The van der Waals surface area contributed by atoms with Crippen LogP contribution in [-0.2, 0) is 4.74 Å². The minimum Gasteiger partial charge on any atom is -0.457 e. The summed E-state index contributed by atoms with van der Waals surface area (Å²) in [6, 6.07) is 3.31. The average Bonchev–Trinajstić information content (AvgIpc) is 2.29. The number of carbonyl (C=O) groups is 1. The fourth-order valence-corrected chi connectivity index (χ4v) is 2.16. The van der Waals surface area contributed by atoms with Gasteiger partial charge in [-0.15, -0.1) is 12.4 Å². The molecule has 0 N–H and O–H groups in total. The molecule has 1 atom stereocenters. The zero-order valence-electron chi connectivity index (χ0n) is 10.1. The Morgan fingerprint density at radius 3 is 3.06 bits per heavy atom. The van der Waals surface area contributed by atoms with Gasteiger partial charge in [0.25, 0.3) is 0 Å². The van der Waals surface area contributed by atoms with Crippen LogP contribution >= 0.6 is 24.0 Å². The van der Waals surface area contributed by atoms with Gasteiger partial charge in [-0.05, 0) is 38.6 Å². The summed E-state index contributed by atoms with van der Waals surface area (Å²) >= 11 is 5.84. The van der Waals surface area contributed by atoms with Crippen molar-refractivity contribution in [1.82, 2.24) is 9.88 Å². The second kappa shape index (κ2) is 6.92. The first kappa shape index (κ1) is 15.2. The number of halogens is 2. The number of pyridine rings is 1. The number of aromatic nitrogens is 1. The lowest BCUT2D eigenvalue weighted by Crippen LogP contribution is -2.38. The van der Waals surface area contributed by atoms with E-state index in [4.69, 9.17) is 16.3 Å².